The monoisotopic (exact) mass is 202 g/mol. The summed E-state index contributed by atoms with van der Waals surface area (Å²) in [4.78, 5) is 4.14. The molecular formula is C10H22N2S. The van der Waals surface area contributed by atoms with Gasteiger partial charge >= 0.3 is 0 Å². The number of amidine groups is 1. The average Bonchev–Trinajstić information content (AvgIpc) is 2.02. The first-order valence-corrected chi connectivity index (χ1v) is 6.03. The quantitative estimate of drug-likeness (QED) is 0.408. The first-order valence-electron chi connectivity index (χ1n) is 4.88. The maximum absolute atomic E-state index is 5.42. The second kappa shape index (κ2) is 7.25. The summed E-state index contributed by atoms with van der Waals surface area (Å²) in [6.07, 6.45) is 0. The van der Waals surface area contributed by atoms with Crippen molar-refractivity contribution in [3.05, 3.63) is 0 Å². The summed E-state index contributed by atoms with van der Waals surface area (Å²) in [6.45, 7) is 9.54. The van der Waals surface area contributed by atoms with Crippen LogP contribution in [0.25, 0.3) is 0 Å². The molecule has 1 unspecified atom stereocenters. The van der Waals surface area contributed by atoms with Crippen LogP contribution in [0.3, 0.4) is 0 Å². The summed E-state index contributed by atoms with van der Waals surface area (Å²) in [7, 11) is 0. The van der Waals surface area contributed by atoms with Crippen LogP contribution in [-0.4, -0.2) is 23.9 Å². The molecule has 78 valence electrons. The van der Waals surface area contributed by atoms with Crippen molar-refractivity contribution in [3.8, 4) is 0 Å². The van der Waals surface area contributed by atoms with E-state index in [2.05, 4.69) is 25.8 Å². The molecular weight excluding hydrogens is 180 g/mol. The van der Waals surface area contributed by atoms with Crippen LogP contribution in [0.2, 0.25) is 0 Å². The third-order valence-electron chi connectivity index (χ3n) is 2.12. The van der Waals surface area contributed by atoms with Crippen LogP contribution >= 0.6 is 11.8 Å². The SMILES string of the molecule is CC(N)=NCCSCC(C)C(C)C. The lowest BCUT2D eigenvalue weighted by Crippen LogP contribution is -2.09. The van der Waals surface area contributed by atoms with Crippen LogP contribution in [0.4, 0.5) is 0 Å². The Kier molecular flexibility index (Phi) is 7.14. The Morgan fingerprint density at radius 3 is 2.46 bits per heavy atom. The van der Waals surface area contributed by atoms with Crippen LogP contribution in [0.15, 0.2) is 4.99 Å². The number of aliphatic imine (C=N–C) groups is 1. The summed E-state index contributed by atoms with van der Waals surface area (Å²) >= 11 is 1.97. The molecule has 0 aromatic carbocycles. The third-order valence-corrected chi connectivity index (χ3v) is 3.35. The highest BCUT2D eigenvalue weighted by molar-refractivity contribution is 7.99. The lowest BCUT2D eigenvalue weighted by molar-refractivity contribution is 0.464. The minimum Gasteiger partial charge on any atom is -0.388 e. The number of hydrogen-bond donors (Lipinski definition) is 1. The van der Waals surface area contributed by atoms with Gasteiger partial charge < -0.3 is 5.73 Å². The van der Waals surface area contributed by atoms with Gasteiger partial charge in [0.05, 0.1) is 5.84 Å². The third kappa shape index (κ3) is 8.16. The van der Waals surface area contributed by atoms with Gasteiger partial charge in [0.2, 0.25) is 0 Å². The Bertz CT molecular complexity index is 151. The van der Waals surface area contributed by atoms with E-state index in [0.717, 1.165) is 24.1 Å². The molecule has 2 nitrogen and oxygen atoms in total. The zero-order valence-electron chi connectivity index (χ0n) is 9.21. The number of hydrogen-bond acceptors (Lipinski definition) is 2. The number of nitrogens with zero attached hydrogens (tertiary/aromatic N) is 1. The van der Waals surface area contributed by atoms with Gasteiger partial charge in [0.1, 0.15) is 0 Å². The summed E-state index contributed by atoms with van der Waals surface area (Å²) in [6, 6.07) is 0. The standard InChI is InChI=1S/C10H22N2S/c1-8(2)9(3)7-13-6-5-12-10(4)11/h8-9H,5-7H2,1-4H3,(H2,11,12). The van der Waals surface area contributed by atoms with Gasteiger partial charge in [0, 0.05) is 12.3 Å². The molecule has 0 fully saturated rings. The van der Waals surface area contributed by atoms with Gasteiger partial charge in [-0.3, -0.25) is 4.99 Å². The van der Waals surface area contributed by atoms with Gasteiger partial charge in [-0.15, -0.1) is 0 Å². The van der Waals surface area contributed by atoms with Crippen LogP contribution in [0, 0.1) is 11.8 Å². The van der Waals surface area contributed by atoms with Crippen LogP contribution in [0.5, 0.6) is 0 Å². The fourth-order valence-electron chi connectivity index (χ4n) is 0.748. The molecule has 0 aliphatic heterocycles. The van der Waals surface area contributed by atoms with Crippen molar-refractivity contribution in [2.24, 2.45) is 22.6 Å². The topological polar surface area (TPSA) is 38.4 Å². The number of rotatable bonds is 6. The zero-order valence-corrected chi connectivity index (χ0v) is 10.0. The lowest BCUT2D eigenvalue weighted by atomic mass is 10.0. The van der Waals surface area contributed by atoms with E-state index >= 15 is 0 Å². The fourth-order valence-corrected chi connectivity index (χ4v) is 1.89. The molecule has 0 aliphatic rings. The molecule has 0 saturated carbocycles. The van der Waals surface area contributed by atoms with E-state index in [1.807, 2.05) is 18.7 Å². The van der Waals surface area contributed by atoms with E-state index in [1.165, 1.54) is 5.75 Å². The highest BCUT2D eigenvalue weighted by atomic mass is 32.2. The van der Waals surface area contributed by atoms with Crippen LogP contribution in [-0.2, 0) is 0 Å². The molecule has 3 heteroatoms. The van der Waals surface area contributed by atoms with E-state index in [4.69, 9.17) is 5.73 Å². The Morgan fingerprint density at radius 1 is 1.38 bits per heavy atom. The highest BCUT2D eigenvalue weighted by Crippen LogP contribution is 2.15. The van der Waals surface area contributed by atoms with Gasteiger partial charge in [-0.05, 0) is 24.5 Å². The summed E-state index contributed by atoms with van der Waals surface area (Å²) in [5, 5.41) is 0. The molecule has 0 aromatic rings. The lowest BCUT2D eigenvalue weighted by Gasteiger charge is -2.13. The average molecular weight is 202 g/mol. The molecule has 13 heavy (non-hydrogen) atoms. The molecule has 0 aromatic heterocycles. The molecule has 1 atom stereocenters. The number of nitrogens with two attached hydrogens (primary N) is 1. The minimum atomic E-state index is 0.692. The van der Waals surface area contributed by atoms with E-state index in [-0.39, 0.29) is 0 Å². The van der Waals surface area contributed by atoms with Gasteiger partial charge in [-0.1, -0.05) is 20.8 Å². The molecule has 0 bridgehead atoms. The highest BCUT2D eigenvalue weighted by Gasteiger charge is 2.05. The van der Waals surface area contributed by atoms with Crippen LogP contribution in [0.1, 0.15) is 27.7 Å². The Hall–Kier alpha value is -0.180. The maximum atomic E-state index is 5.42. The van der Waals surface area contributed by atoms with E-state index in [9.17, 15) is 0 Å². The van der Waals surface area contributed by atoms with E-state index in [0.29, 0.717) is 5.84 Å². The first-order chi connectivity index (χ1) is 6.04. The molecule has 0 saturated heterocycles. The van der Waals surface area contributed by atoms with Gasteiger partial charge in [-0.25, -0.2) is 0 Å². The largest absolute Gasteiger partial charge is 0.388 e. The molecule has 0 spiro atoms. The Balaban J connectivity index is 3.31. The fraction of sp³-hybridized carbons (Fsp3) is 0.900. The molecule has 2 N–H and O–H groups in total. The van der Waals surface area contributed by atoms with Crippen molar-refractivity contribution < 1.29 is 0 Å². The van der Waals surface area contributed by atoms with Crippen molar-refractivity contribution in [3.63, 3.8) is 0 Å². The van der Waals surface area contributed by atoms with Crippen molar-refractivity contribution >= 4 is 17.6 Å². The molecule has 0 rings (SSSR count). The molecule has 0 heterocycles. The van der Waals surface area contributed by atoms with Gasteiger partial charge in [-0.2, -0.15) is 11.8 Å². The normalized spacial score (nSPS) is 15.0. The molecule has 0 radical (unpaired) electrons. The summed E-state index contributed by atoms with van der Waals surface area (Å²) < 4.78 is 0. The first kappa shape index (κ1) is 12.8. The van der Waals surface area contributed by atoms with Gasteiger partial charge in [0.25, 0.3) is 0 Å². The van der Waals surface area contributed by atoms with Crippen molar-refractivity contribution in [2.75, 3.05) is 18.1 Å². The predicted octanol–water partition coefficient (Wildman–Crippen LogP) is 2.39. The second-order valence-electron chi connectivity index (χ2n) is 3.82. The summed E-state index contributed by atoms with van der Waals surface area (Å²) in [5.41, 5.74) is 5.42. The Morgan fingerprint density at radius 2 is 2.00 bits per heavy atom. The molecule has 0 aliphatic carbocycles. The second-order valence-corrected chi connectivity index (χ2v) is 4.97. The van der Waals surface area contributed by atoms with Crippen molar-refractivity contribution in [1.82, 2.24) is 0 Å². The molecule has 0 amide bonds. The minimum absolute atomic E-state index is 0.692. The predicted molar refractivity (Wildman–Crippen MR) is 63.5 cm³/mol. The van der Waals surface area contributed by atoms with Gasteiger partial charge in [0.15, 0.2) is 0 Å². The van der Waals surface area contributed by atoms with E-state index < -0.39 is 0 Å². The summed E-state index contributed by atoms with van der Waals surface area (Å²) in [5.74, 6) is 4.60. The maximum Gasteiger partial charge on any atom is 0.0905 e. The Labute approximate surface area is 86.4 Å². The smallest absolute Gasteiger partial charge is 0.0905 e. The van der Waals surface area contributed by atoms with E-state index in [1.54, 1.807) is 0 Å². The van der Waals surface area contributed by atoms with Crippen LogP contribution < -0.4 is 5.73 Å². The number of thioether (sulfide) groups is 1. The van der Waals surface area contributed by atoms with Crippen molar-refractivity contribution in [1.29, 1.82) is 0 Å². The zero-order chi connectivity index (χ0) is 10.3. The van der Waals surface area contributed by atoms with Crippen molar-refractivity contribution in [2.45, 2.75) is 27.7 Å².